The molecule has 2 aromatic carbocycles. The van der Waals surface area contributed by atoms with Crippen molar-refractivity contribution in [1.29, 1.82) is 0 Å². The number of nitrogens with zero attached hydrogens (tertiary/aromatic N) is 2. The number of rotatable bonds is 7. The Morgan fingerprint density at radius 2 is 1.57 bits per heavy atom. The number of ether oxygens (including phenoxy) is 1. The number of aryl methyl sites for hydroxylation is 1. The van der Waals surface area contributed by atoms with Crippen molar-refractivity contribution in [1.82, 2.24) is 10.2 Å². The molecule has 9 nitrogen and oxygen atoms in total. The van der Waals surface area contributed by atoms with E-state index in [9.17, 15) is 24.3 Å². The van der Waals surface area contributed by atoms with Crippen molar-refractivity contribution in [2.24, 2.45) is 0 Å². The zero-order valence-electron chi connectivity index (χ0n) is 21.2. The summed E-state index contributed by atoms with van der Waals surface area (Å²) in [5.41, 5.74) is 2.99. The number of aliphatic hydroxyl groups is 1. The second kappa shape index (κ2) is 11.1. The summed E-state index contributed by atoms with van der Waals surface area (Å²) in [6.45, 7) is 6.47. The zero-order valence-corrected chi connectivity index (χ0v) is 21.2. The lowest BCUT2D eigenvalue weighted by Gasteiger charge is -2.26. The molecule has 0 bridgehead atoms. The van der Waals surface area contributed by atoms with Gasteiger partial charge in [0, 0.05) is 32.4 Å². The van der Waals surface area contributed by atoms with Crippen LogP contribution >= 0.6 is 0 Å². The van der Waals surface area contributed by atoms with Crippen LogP contribution in [0.1, 0.15) is 36.7 Å². The predicted molar refractivity (Wildman–Crippen MR) is 133 cm³/mol. The summed E-state index contributed by atoms with van der Waals surface area (Å²) >= 11 is 0. The van der Waals surface area contributed by atoms with Gasteiger partial charge >= 0.3 is 6.09 Å². The first kappa shape index (κ1) is 27.5. The van der Waals surface area contributed by atoms with Crippen molar-refractivity contribution >= 4 is 29.4 Å². The fourth-order valence-corrected chi connectivity index (χ4v) is 3.53. The standard InChI is InChI=1S/C26H33N3O6/c1-16-14-19(12-13-20(16)28(6)25(34)35-26(2,3)4)17-8-10-18(11-9-17)24(33)29(7)22(21(31)15-30)23(32)27-5/h8-14,22,30H,15H2,1-7H3,(H,27,32). The van der Waals surface area contributed by atoms with Crippen molar-refractivity contribution in [2.45, 2.75) is 39.3 Å². The maximum Gasteiger partial charge on any atom is 0.414 e. The van der Waals surface area contributed by atoms with Gasteiger partial charge in [0.15, 0.2) is 11.8 Å². The molecule has 3 amide bonds. The molecule has 0 aliphatic rings. The Labute approximate surface area is 205 Å². The predicted octanol–water partition coefficient (Wildman–Crippen LogP) is 2.78. The lowest BCUT2D eigenvalue weighted by Crippen LogP contribution is -2.52. The molecule has 1 atom stereocenters. The van der Waals surface area contributed by atoms with Crippen molar-refractivity contribution < 1.29 is 29.0 Å². The molecule has 0 aliphatic heterocycles. The first-order valence-electron chi connectivity index (χ1n) is 11.1. The number of hydrogen-bond donors (Lipinski definition) is 2. The Kier molecular flexibility index (Phi) is 8.76. The van der Waals surface area contributed by atoms with Crippen LogP contribution in [0, 0.1) is 6.92 Å². The van der Waals surface area contributed by atoms with Gasteiger partial charge in [0.25, 0.3) is 5.91 Å². The van der Waals surface area contributed by atoms with Crippen LogP contribution in [-0.4, -0.2) is 73.1 Å². The molecule has 2 aromatic rings. The van der Waals surface area contributed by atoms with Crippen LogP contribution in [-0.2, 0) is 14.3 Å². The van der Waals surface area contributed by atoms with Crippen LogP contribution in [0.3, 0.4) is 0 Å². The molecular formula is C26H33N3O6. The Balaban J connectivity index is 2.24. The minimum absolute atomic E-state index is 0.286. The van der Waals surface area contributed by atoms with E-state index in [0.717, 1.165) is 21.6 Å². The van der Waals surface area contributed by atoms with Gasteiger partial charge in [0.1, 0.15) is 12.2 Å². The van der Waals surface area contributed by atoms with Gasteiger partial charge in [0.05, 0.1) is 0 Å². The Morgan fingerprint density at radius 1 is 1.00 bits per heavy atom. The Hall–Kier alpha value is -3.72. The van der Waals surface area contributed by atoms with Crippen LogP contribution in [0.2, 0.25) is 0 Å². The summed E-state index contributed by atoms with van der Waals surface area (Å²) in [7, 11) is 4.35. The quantitative estimate of drug-likeness (QED) is 0.585. The first-order valence-corrected chi connectivity index (χ1v) is 11.1. The van der Waals surface area contributed by atoms with E-state index >= 15 is 0 Å². The second-order valence-corrected chi connectivity index (χ2v) is 9.18. The largest absolute Gasteiger partial charge is 0.443 e. The summed E-state index contributed by atoms with van der Waals surface area (Å²) in [4.78, 5) is 51.8. The Bertz CT molecular complexity index is 1090. The van der Waals surface area contributed by atoms with Gasteiger partial charge in [-0.05, 0) is 68.7 Å². The highest BCUT2D eigenvalue weighted by Crippen LogP contribution is 2.28. The number of anilines is 1. The third-order valence-electron chi connectivity index (χ3n) is 5.35. The number of carbonyl (C=O) groups excluding carboxylic acids is 4. The number of likely N-dealkylation sites (N-methyl/N-ethyl adjacent to an activating group) is 2. The first-order chi connectivity index (χ1) is 16.3. The summed E-state index contributed by atoms with van der Waals surface area (Å²) in [5.74, 6) is -1.98. The number of Topliss-reactive ketones (excluding diaryl/α,β-unsaturated/α-hetero) is 1. The number of ketones is 1. The third-order valence-corrected chi connectivity index (χ3v) is 5.35. The Morgan fingerprint density at radius 3 is 2.06 bits per heavy atom. The normalized spacial score (nSPS) is 11.9. The topological polar surface area (TPSA) is 116 Å². The number of benzene rings is 2. The van der Waals surface area contributed by atoms with E-state index in [4.69, 9.17) is 4.74 Å². The fraction of sp³-hybridized carbons (Fsp3) is 0.385. The van der Waals surface area contributed by atoms with E-state index < -0.39 is 41.9 Å². The van der Waals surface area contributed by atoms with Crippen molar-refractivity contribution in [3.05, 3.63) is 53.6 Å². The molecule has 0 saturated carbocycles. The average molecular weight is 484 g/mol. The molecule has 0 radical (unpaired) electrons. The SMILES string of the molecule is CNC(=O)C(C(=O)CO)N(C)C(=O)c1ccc(-c2ccc(N(C)C(=O)OC(C)(C)C)c(C)c2)cc1. The molecule has 2 rings (SSSR count). The fourth-order valence-electron chi connectivity index (χ4n) is 3.53. The van der Waals surface area contributed by atoms with Crippen LogP contribution in [0.15, 0.2) is 42.5 Å². The lowest BCUT2D eigenvalue weighted by molar-refractivity contribution is -0.135. The highest BCUT2D eigenvalue weighted by molar-refractivity contribution is 6.10. The number of amides is 3. The minimum atomic E-state index is -1.42. The van der Waals surface area contributed by atoms with Gasteiger partial charge < -0.3 is 20.1 Å². The molecule has 188 valence electrons. The zero-order chi connectivity index (χ0) is 26.5. The third kappa shape index (κ3) is 6.66. The molecule has 0 spiro atoms. The van der Waals surface area contributed by atoms with Crippen molar-refractivity contribution in [3.63, 3.8) is 0 Å². The van der Waals surface area contributed by atoms with Crippen molar-refractivity contribution in [2.75, 3.05) is 32.6 Å². The van der Waals surface area contributed by atoms with Gasteiger partial charge in [-0.25, -0.2) is 4.79 Å². The van der Waals surface area contributed by atoms with Crippen LogP contribution < -0.4 is 10.2 Å². The van der Waals surface area contributed by atoms with Gasteiger partial charge in [-0.15, -0.1) is 0 Å². The van der Waals surface area contributed by atoms with E-state index in [1.54, 1.807) is 31.3 Å². The molecule has 0 aliphatic carbocycles. The van der Waals surface area contributed by atoms with Gasteiger partial charge in [-0.1, -0.05) is 18.2 Å². The molecule has 9 heteroatoms. The summed E-state index contributed by atoms with van der Waals surface area (Å²) in [5, 5.41) is 11.5. The molecule has 2 N–H and O–H groups in total. The molecule has 0 saturated heterocycles. The van der Waals surface area contributed by atoms with E-state index in [1.165, 1.54) is 19.0 Å². The smallest absolute Gasteiger partial charge is 0.414 e. The van der Waals surface area contributed by atoms with Crippen LogP contribution in [0.4, 0.5) is 10.5 Å². The van der Waals surface area contributed by atoms with Crippen molar-refractivity contribution in [3.8, 4) is 11.1 Å². The molecule has 0 aromatic heterocycles. The maximum absolute atomic E-state index is 12.9. The summed E-state index contributed by atoms with van der Waals surface area (Å²) in [6.07, 6.45) is -0.449. The summed E-state index contributed by atoms with van der Waals surface area (Å²) < 4.78 is 5.43. The van der Waals surface area contributed by atoms with Crippen LogP contribution in [0.25, 0.3) is 11.1 Å². The van der Waals surface area contributed by atoms with Crippen LogP contribution in [0.5, 0.6) is 0 Å². The van der Waals surface area contributed by atoms with Gasteiger partial charge in [0.2, 0.25) is 5.91 Å². The van der Waals surface area contributed by atoms with E-state index in [2.05, 4.69) is 5.32 Å². The van der Waals surface area contributed by atoms with E-state index in [1.807, 2.05) is 45.9 Å². The number of carbonyl (C=O) groups is 4. The molecule has 35 heavy (non-hydrogen) atoms. The number of aliphatic hydroxyl groups excluding tert-OH is 1. The highest BCUT2D eigenvalue weighted by atomic mass is 16.6. The molecule has 0 heterocycles. The lowest BCUT2D eigenvalue weighted by atomic mass is 10.0. The van der Waals surface area contributed by atoms with Gasteiger partial charge in [-0.3, -0.25) is 19.3 Å². The molecule has 1 unspecified atom stereocenters. The van der Waals surface area contributed by atoms with E-state index in [0.29, 0.717) is 5.69 Å². The van der Waals surface area contributed by atoms with Gasteiger partial charge in [-0.2, -0.15) is 0 Å². The van der Waals surface area contributed by atoms with E-state index in [-0.39, 0.29) is 5.56 Å². The second-order valence-electron chi connectivity index (χ2n) is 9.18. The molecular weight excluding hydrogens is 450 g/mol. The maximum atomic E-state index is 12.9. The minimum Gasteiger partial charge on any atom is -0.443 e. The number of hydrogen-bond acceptors (Lipinski definition) is 6. The average Bonchev–Trinajstić information content (AvgIpc) is 2.81. The molecule has 0 fully saturated rings. The summed E-state index contributed by atoms with van der Waals surface area (Å²) in [6, 6.07) is 10.9. The monoisotopic (exact) mass is 483 g/mol. The number of nitrogens with one attached hydrogen (secondary N) is 1. The highest BCUT2D eigenvalue weighted by Gasteiger charge is 2.32.